The van der Waals surface area contributed by atoms with Gasteiger partial charge in [-0.3, -0.25) is 0 Å². The van der Waals surface area contributed by atoms with Gasteiger partial charge in [-0.15, -0.1) is 11.8 Å². The van der Waals surface area contributed by atoms with Crippen molar-refractivity contribution >= 4 is 11.8 Å². The number of hydrogen-bond donors (Lipinski definition) is 0. The van der Waals surface area contributed by atoms with E-state index < -0.39 is 0 Å². The van der Waals surface area contributed by atoms with Crippen molar-refractivity contribution in [1.82, 2.24) is 0 Å². The molecule has 0 unspecified atom stereocenters. The van der Waals surface area contributed by atoms with Gasteiger partial charge in [0.05, 0.1) is 0 Å². The third-order valence-electron chi connectivity index (χ3n) is 0.831. The molecular formula is C8H16S. The number of thioether (sulfide) groups is 1. The molecule has 0 aliphatic rings. The van der Waals surface area contributed by atoms with Gasteiger partial charge in [0, 0.05) is 0 Å². The van der Waals surface area contributed by atoms with Crippen LogP contribution in [-0.2, 0) is 0 Å². The largest absolute Gasteiger partial charge is 0.135 e. The van der Waals surface area contributed by atoms with E-state index in [1.807, 2.05) is 11.8 Å². The molecule has 9 heavy (non-hydrogen) atoms. The maximum absolute atomic E-state index is 2.24. The zero-order valence-electron chi connectivity index (χ0n) is 6.77. The lowest BCUT2D eigenvalue weighted by Crippen LogP contribution is -1.97. The third-order valence-corrected chi connectivity index (χ3v) is 1.49. The molecule has 0 rings (SSSR count). The number of allylic oxidation sites excluding steroid dienone is 1. The van der Waals surface area contributed by atoms with Gasteiger partial charge in [-0.1, -0.05) is 33.8 Å². The fourth-order valence-corrected chi connectivity index (χ4v) is 1.05. The molecule has 0 saturated heterocycles. The Morgan fingerprint density at radius 1 is 1.33 bits per heavy atom. The Balaban J connectivity index is 3.45. The minimum atomic E-state index is 0.349. The Morgan fingerprint density at radius 3 is 2.22 bits per heavy atom. The molecule has 0 radical (unpaired) electrons. The second-order valence-corrected chi connectivity index (χ2v) is 4.31. The van der Waals surface area contributed by atoms with Crippen LogP contribution < -0.4 is 0 Å². The van der Waals surface area contributed by atoms with Crippen molar-refractivity contribution in [2.45, 2.75) is 27.7 Å². The van der Waals surface area contributed by atoms with Crippen molar-refractivity contribution in [3.05, 3.63) is 11.5 Å². The van der Waals surface area contributed by atoms with Crippen LogP contribution in [0.1, 0.15) is 27.7 Å². The normalized spacial score (nSPS) is 12.9. The van der Waals surface area contributed by atoms with Crippen molar-refractivity contribution in [2.75, 3.05) is 5.75 Å². The Bertz CT molecular complexity index is 87.2. The molecule has 0 N–H and O–H groups in total. The van der Waals surface area contributed by atoms with Crippen molar-refractivity contribution in [2.24, 2.45) is 5.41 Å². The number of hydrogen-bond acceptors (Lipinski definition) is 1. The predicted molar refractivity (Wildman–Crippen MR) is 46.7 cm³/mol. The van der Waals surface area contributed by atoms with E-state index in [1.54, 1.807) is 0 Å². The highest BCUT2D eigenvalue weighted by Gasteiger charge is 2.02. The predicted octanol–water partition coefficient (Wildman–Crippen LogP) is 3.30. The van der Waals surface area contributed by atoms with E-state index in [-0.39, 0.29) is 0 Å². The Hall–Kier alpha value is 0.0900. The lowest BCUT2D eigenvalue weighted by Gasteiger charge is -2.10. The number of rotatable bonds is 2. The Labute approximate surface area is 62.7 Å². The highest BCUT2D eigenvalue weighted by Crippen LogP contribution is 2.16. The first-order valence-electron chi connectivity index (χ1n) is 3.35. The average molecular weight is 144 g/mol. The van der Waals surface area contributed by atoms with Crippen molar-refractivity contribution in [3.63, 3.8) is 0 Å². The second-order valence-electron chi connectivity index (χ2n) is 3.12. The maximum Gasteiger partial charge on any atom is -0.00545 e. The summed E-state index contributed by atoms with van der Waals surface area (Å²) in [6.07, 6.45) is 2.24. The molecule has 0 heterocycles. The molecule has 0 aromatic carbocycles. The van der Waals surface area contributed by atoms with Gasteiger partial charge in [-0.2, -0.15) is 0 Å². The fraction of sp³-hybridized carbons (Fsp3) is 0.750. The van der Waals surface area contributed by atoms with Crippen LogP contribution in [0.2, 0.25) is 0 Å². The van der Waals surface area contributed by atoms with Crippen molar-refractivity contribution in [1.29, 1.82) is 0 Å². The SMILES string of the molecule is CCS/C=C/C(C)(C)C. The summed E-state index contributed by atoms with van der Waals surface area (Å²) < 4.78 is 0. The van der Waals surface area contributed by atoms with Gasteiger partial charge in [-0.05, 0) is 16.6 Å². The molecule has 0 atom stereocenters. The second kappa shape index (κ2) is 3.99. The van der Waals surface area contributed by atoms with Crippen LogP contribution in [0.15, 0.2) is 11.5 Å². The molecule has 0 amide bonds. The van der Waals surface area contributed by atoms with Crippen LogP contribution in [0, 0.1) is 5.41 Å². The molecule has 0 fully saturated rings. The quantitative estimate of drug-likeness (QED) is 0.573. The van der Waals surface area contributed by atoms with Gasteiger partial charge in [-0.25, -0.2) is 0 Å². The standard InChI is InChI=1S/C8H16S/c1-5-9-7-6-8(2,3)4/h6-7H,5H2,1-4H3/b7-6+. The summed E-state index contributed by atoms with van der Waals surface area (Å²) >= 11 is 1.85. The molecule has 0 bridgehead atoms. The van der Waals surface area contributed by atoms with E-state index >= 15 is 0 Å². The lowest BCUT2D eigenvalue weighted by molar-refractivity contribution is 0.545. The maximum atomic E-state index is 2.24. The van der Waals surface area contributed by atoms with Crippen LogP contribution in [-0.4, -0.2) is 5.75 Å². The topological polar surface area (TPSA) is 0 Å². The zero-order valence-corrected chi connectivity index (χ0v) is 7.59. The fourth-order valence-electron chi connectivity index (χ4n) is 0.348. The first-order valence-corrected chi connectivity index (χ1v) is 4.40. The van der Waals surface area contributed by atoms with Gasteiger partial charge in [0.1, 0.15) is 0 Å². The molecule has 0 nitrogen and oxygen atoms in total. The monoisotopic (exact) mass is 144 g/mol. The Kier molecular flexibility index (Phi) is 4.03. The summed E-state index contributed by atoms with van der Waals surface area (Å²) in [5.41, 5.74) is 0.349. The van der Waals surface area contributed by atoms with E-state index in [0.717, 1.165) is 0 Å². The van der Waals surface area contributed by atoms with E-state index in [0.29, 0.717) is 5.41 Å². The molecule has 0 aromatic rings. The minimum Gasteiger partial charge on any atom is -0.135 e. The average Bonchev–Trinajstić information content (AvgIpc) is 1.63. The zero-order chi connectivity index (χ0) is 7.33. The van der Waals surface area contributed by atoms with E-state index in [4.69, 9.17) is 0 Å². The first kappa shape index (κ1) is 9.09. The third kappa shape index (κ3) is 8.09. The van der Waals surface area contributed by atoms with Gasteiger partial charge in [0.25, 0.3) is 0 Å². The summed E-state index contributed by atoms with van der Waals surface area (Å²) in [5, 5.41) is 2.18. The van der Waals surface area contributed by atoms with E-state index in [9.17, 15) is 0 Å². The van der Waals surface area contributed by atoms with Crippen LogP contribution in [0.5, 0.6) is 0 Å². The van der Waals surface area contributed by atoms with Crippen molar-refractivity contribution in [3.8, 4) is 0 Å². The van der Waals surface area contributed by atoms with Crippen LogP contribution in [0.25, 0.3) is 0 Å². The Morgan fingerprint density at radius 2 is 1.89 bits per heavy atom. The van der Waals surface area contributed by atoms with E-state index in [2.05, 4.69) is 39.2 Å². The smallest absolute Gasteiger partial charge is 0.00545 e. The van der Waals surface area contributed by atoms with Gasteiger partial charge >= 0.3 is 0 Å². The molecule has 0 saturated carbocycles. The minimum absolute atomic E-state index is 0.349. The summed E-state index contributed by atoms with van der Waals surface area (Å²) in [4.78, 5) is 0. The molecule has 0 spiro atoms. The molecule has 1 heteroatoms. The molecule has 0 aliphatic carbocycles. The molecule has 54 valence electrons. The molecule has 0 aromatic heterocycles. The van der Waals surface area contributed by atoms with Crippen LogP contribution in [0.3, 0.4) is 0 Å². The lowest BCUT2D eigenvalue weighted by atomic mass is 9.98. The summed E-state index contributed by atoms with van der Waals surface area (Å²) in [6, 6.07) is 0. The van der Waals surface area contributed by atoms with Crippen LogP contribution >= 0.6 is 11.8 Å². The van der Waals surface area contributed by atoms with Gasteiger partial charge < -0.3 is 0 Å². The van der Waals surface area contributed by atoms with Gasteiger partial charge in [0.15, 0.2) is 0 Å². The molecule has 0 aliphatic heterocycles. The van der Waals surface area contributed by atoms with Crippen molar-refractivity contribution < 1.29 is 0 Å². The first-order chi connectivity index (χ1) is 4.06. The summed E-state index contributed by atoms with van der Waals surface area (Å²) in [5.74, 6) is 1.17. The summed E-state index contributed by atoms with van der Waals surface area (Å²) in [6.45, 7) is 8.79. The highest BCUT2D eigenvalue weighted by atomic mass is 32.2. The van der Waals surface area contributed by atoms with Crippen LogP contribution in [0.4, 0.5) is 0 Å². The van der Waals surface area contributed by atoms with E-state index in [1.165, 1.54) is 5.75 Å². The molecular weight excluding hydrogens is 128 g/mol. The summed E-state index contributed by atoms with van der Waals surface area (Å²) in [7, 11) is 0. The highest BCUT2D eigenvalue weighted by molar-refractivity contribution is 8.02. The van der Waals surface area contributed by atoms with Gasteiger partial charge in [0.2, 0.25) is 0 Å².